The first-order chi connectivity index (χ1) is 11.3. The van der Waals surface area contributed by atoms with Crippen LogP contribution in [0, 0.1) is 0 Å². The summed E-state index contributed by atoms with van der Waals surface area (Å²) in [5.74, 6) is 0.145. The molecule has 1 heterocycles. The summed E-state index contributed by atoms with van der Waals surface area (Å²) in [5, 5.41) is 10.1. The maximum Gasteiger partial charge on any atom is 0.143 e. The number of nitrogens with zero attached hydrogens (tertiary/aromatic N) is 2. The maximum absolute atomic E-state index is 10.1. The van der Waals surface area contributed by atoms with Crippen molar-refractivity contribution in [3.8, 4) is 28.3 Å². The van der Waals surface area contributed by atoms with Crippen LogP contribution in [0.1, 0.15) is 0 Å². The number of phenols is 1. The van der Waals surface area contributed by atoms with Gasteiger partial charge in [-0.3, -0.25) is 0 Å². The van der Waals surface area contributed by atoms with Gasteiger partial charge in [-0.2, -0.15) is 0 Å². The van der Waals surface area contributed by atoms with Crippen LogP contribution in [0.5, 0.6) is 5.75 Å². The summed E-state index contributed by atoms with van der Waals surface area (Å²) >= 11 is 0. The molecule has 0 spiro atoms. The van der Waals surface area contributed by atoms with E-state index in [0.717, 1.165) is 22.5 Å². The molecule has 0 saturated heterocycles. The van der Waals surface area contributed by atoms with Gasteiger partial charge in [-0.15, -0.1) is 0 Å². The van der Waals surface area contributed by atoms with Crippen molar-refractivity contribution < 1.29 is 5.11 Å². The number of hydrogen-bond acceptors (Lipinski definition) is 3. The summed E-state index contributed by atoms with van der Waals surface area (Å²) in [5.41, 5.74) is 4.77. The summed E-state index contributed by atoms with van der Waals surface area (Å²) in [6.07, 6.45) is 0. The van der Waals surface area contributed by atoms with E-state index < -0.39 is 0 Å². The lowest BCUT2D eigenvalue weighted by Gasteiger charge is -2.11. The fraction of sp³-hybridized carbons (Fsp3) is 0. The predicted molar refractivity (Wildman–Crippen MR) is 92.1 cm³/mol. The van der Waals surface area contributed by atoms with Crippen LogP contribution in [0.2, 0.25) is 0 Å². The van der Waals surface area contributed by atoms with Crippen LogP contribution in [0.25, 0.3) is 33.5 Å². The maximum atomic E-state index is 10.1. The fourth-order valence-electron chi connectivity index (χ4n) is 2.66. The molecule has 4 rings (SSSR count). The van der Waals surface area contributed by atoms with Gasteiger partial charge >= 0.3 is 0 Å². The molecule has 0 aliphatic heterocycles. The second-order valence-electron chi connectivity index (χ2n) is 5.30. The average molecular weight is 298 g/mol. The molecule has 3 nitrogen and oxygen atoms in total. The van der Waals surface area contributed by atoms with Crippen molar-refractivity contribution in [3.05, 3.63) is 78.9 Å². The predicted octanol–water partition coefficient (Wildman–Crippen LogP) is 4.67. The quantitative estimate of drug-likeness (QED) is 0.585. The smallest absolute Gasteiger partial charge is 0.143 e. The Morgan fingerprint density at radius 2 is 1.13 bits per heavy atom. The molecule has 0 bridgehead atoms. The van der Waals surface area contributed by atoms with Gasteiger partial charge < -0.3 is 5.11 Å². The minimum Gasteiger partial charge on any atom is -0.506 e. The Morgan fingerprint density at radius 1 is 0.565 bits per heavy atom. The van der Waals surface area contributed by atoms with E-state index >= 15 is 0 Å². The van der Waals surface area contributed by atoms with Crippen LogP contribution in [0.4, 0.5) is 0 Å². The van der Waals surface area contributed by atoms with Crippen LogP contribution in [-0.2, 0) is 0 Å². The molecule has 3 aromatic carbocycles. The summed E-state index contributed by atoms with van der Waals surface area (Å²) in [6, 6.07) is 25.2. The van der Waals surface area contributed by atoms with Crippen molar-refractivity contribution in [2.75, 3.05) is 0 Å². The van der Waals surface area contributed by atoms with Crippen LogP contribution in [0.3, 0.4) is 0 Å². The van der Waals surface area contributed by atoms with Gasteiger partial charge in [-0.1, -0.05) is 66.7 Å². The SMILES string of the molecule is Oc1cccc2nc(-c3ccccc3)c(-c3ccccc3)nc12. The number of fused-ring (bicyclic) bond motifs is 1. The summed E-state index contributed by atoms with van der Waals surface area (Å²) in [6.45, 7) is 0. The topological polar surface area (TPSA) is 46.0 Å². The van der Waals surface area contributed by atoms with Crippen LogP contribution < -0.4 is 0 Å². The van der Waals surface area contributed by atoms with E-state index in [1.165, 1.54) is 0 Å². The molecule has 1 aromatic heterocycles. The van der Waals surface area contributed by atoms with E-state index in [-0.39, 0.29) is 5.75 Å². The number of phenolic OH excluding ortho intramolecular Hbond substituents is 1. The molecule has 3 heteroatoms. The van der Waals surface area contributed by atoms with Crippen LogP contribution in [-0.4, -0.2) is 15.1 Å². The van der Waals surface area contributed by atoms with E-state index in [0.29, 0.717) is 11.0 Å². The van der Waals surface area contributed by atoms with Gasteiger partial charge in [0.15, 0.2) is 0 Å². The third-order valence-corrected chi connectivity index (χ3v) is 3.77. The van der Waals surface area contributed by atoms with E-state index in [1.54, 1.807) is 12.1 Å². The minimum absolute atomic E-state index is 0.145. The summed E-state index contributed by atoms with van der Waals surface area (Å²) in [4.78, 5) is 9.47. The first-order valence-corrected chi connectivity index (χ1v) is 7.43. The van der Waals surface area contributed by atoms with Gasteiger partial charge in [-0.05, 0) is 12.1 Å². The average Bonchev–Trinajstić information content (AvgIpc) is 2.63. The molecule has 4 aromatic rings. The zero-order chi connectivity index (χ0) is 15.6. The van der Waals surface area contributed by atoms with Crippen LogP contribution >= 0.6 is 0 Å². The van der Waals surface area contributed by atoms with Gasteiger partial charge in [0.25, 0.3) is 0 Å². The molecular formula is C20H14N2O. The van der Waals surface area contributed by atoms with Crippen molar-refractivity contribution in [2.24, 2.45) is 0 Å². The highest BCUT2D eigenvalue weighted by atomic mass is 16.3. The first-order valence-electron chi connectivity index (χ1n) is 7.43. The Kier molecular flexibility index (Phi) is 3.24. The monoisotopic (exact) mass is 298 g/mol. The van der Waals surface area contributed by atoms with Gasteiger partial charge in [0, 0.05) is 11.1 Å². The van der Waals surface area contributed by atoms with Crippen molar-refractivity contribution >= 4 is 11.0 Å². The molecule has 0 aliphatic carbocycles. The van der Waals surface area contributed by atoms with Gasteiger partial charge in [0.1, 0.15) is 11.3 Å². The van der Waals surface area contributed by atoms with Gasteiger partial charge in [-0.25, -0.2) is 9.97 Å². The Balaban J connectivity index is 2.07. The Morgan fingerprint density at radius 3 is 1.74 bits per heavy atom. The third-order valence-electron chi connectivity index (χ3n) is 3.77. The zero-order valence-corrected chi connectivity index (χ0v) is 12.3. The lowest BCUT2D eigenvalue weighted by atomic mass is 10.0. The standard InChI is InChI=1S/C20H14N2O/c23-17-13-7-12-16-20(17)22-19(15-10-5-2-6-11-15)18(21-16)14-8-3-1-4-9-14/h1-13,23H. The second-order valence-corrected chi connectivity index (χ2v) is 5.30. The lowest BCUT2D eigenvalue weighted by molar-refractivity contribution is 0.480. The number of aromatic hydroxyl groups is 1. The molecule has 110 valence electrons. The van der Waals surface area contributed by atoms with Crippen LogP contribution in [0.15, 0.2) is 78.9 Å². The molecule has 0 saturated carbocycles. The highest BCUT2D eigenvalue weighted by molar-refractivity contribution is 5.88. The second kappa shape index (κ2) is 5.54. The number of aromatic nitrogens is 2. The van der Waals surface area contributed by atoms with Crippen molar-refractivity contribution in [1.29, 1.82) is 0 Å². The Bertz CT molecular complexity index is 967. The number of benzene rings is 3. The van der Waals surface area contributed by atoms with Crippen molar-refractivity contribution in [1.82, 2.24) is 9.97 Å². The van der Waals surface area contributed by atoms with Crippen molar-refractivity contribution in [2.45, 2.75) is 0 Å². The lowest BCUT2D eigenvalue weighted by Crippen LogP contribution is -1.95. The number of rotatable bonds is 2. The minimum atomic E-state index is 0.145. The van der Waals surface area contributed by atoms with Gasteiger partial charge in [0.05, 0.1) is 16.9 Å². The van der Waals surface area contributed by atoms with E-state index in [2.05, 4.69) is 0 Å². The summed E-state index contributed by atoms with van der Waals surface area (Å²) in [7, 11) is 0. The molecule has 23 heavy (non-hydrogen) atoms. The van der Waals surface area contributed by atoms with E-state index in [1.807, 2.05) is 66.7 Å². The largest absolute Gasteiger partial charge is 0.506 e. The van der Waals surface area contributed by atoms with Crippen molar-refractivity contribution in [3.63, 3.8) is 0 Å². The van der Waals surface area contributed by atoms with E-state index in [9.17, 15) is 5.11 Å². The first kappa shape index (κ1) is 13.5. The molecule has 0 atom stereocenters. The molecular weight excluding hydrogens is 284 g/mol. The number of hydrogen-bond donors (Lipinski definition) is 1. The summed E-state index contributed by atoms with van der Waals surface area (Å²) < 4.78 is 0. The molecule has 0 aliphatic rings. The Hall–Kier alpha value is -3.20. The third kappa shape index (κ3) is 2.42. The highest BCUT2D eigenvalue weighted by Gasteiger charge is 2.14. The molecule has 0 unspecified atom stereocenters. The fourth-order valence-corrected chi connectivity index (χ4v) is 2.66. The molecule has 1 N–H and O–H groups in total. The normalized spacial score (nSPS) is 10.8. The zero-order valence-electron chi connectivity index (χ0n) is 12.3. The number of para-hydroxylation sites is 1. The molecule has 0 amide bonds. The van der Waals surface area contributed by atoms with Gasteiger partial charge in [0.2, 0.25) is 0 Å². The Labute approximate surface area is 133 Å². The molecule has 0 fully saturated rings. The van der Waals surface area contributed by atoms with E-state index in [4.69, 9.17) is 9.97 Å². The highest BCUT2D eigenvalue weighted by Crippen LogP contribution is 2.32. The molecule has 0 radical (unpaired) electrons.